The molecule has 4 nitrogen and oxygen atoms in total. The van der Waals surface area contributed by atoms with Gasteiger partial charge in [0.05, 0.1) is 6.61 Å². The summed E-state index contributed by atoms with van der Waals surface area (Å²) < 4.78 is 5.66. The molecule has 0 heterocycles. The van der Waals surface area contributed by atoms with Gasteiger partial charge in [-0.2, -0.15) is 0 Å². The summed E-state index contributed by atoms with van der Waals surface area (Å²) in [6, 6.07) is 8.16. The van der Waals surface area contributed by atoms with E-state index in [4.69, 9.17) is 4.74 Å². The highest BCUT2D eigenvalue weighted by atomic mass is 16.5. The number of carbonyl (C=O) groups is 1. The van der Waals surface area contributed by atoms with Crippen molar-refractivity contribution in [3.05, 3.63) is 29.8 Å². The summed E-state index contributed by atoms with van der Waals surface area (Å²) in [5, 5.41) is 12.5. The second-order valence-corrected chi connectivity index (χ2v) is 5.89. The second kappa shape index (κ2) is 8.03. The van der Waals surface area contributed by atoms with E-state index in [2.05, 4.69) is 24.4 Å². The molecular weight excluding hydrogens is 266 g/mol. The Hall–Kier alpha value is -1.55. The first kappa shape index (κ1) is 17.5. The number of rotatable bonds is 9. The lowest BCUT2D eigenvalue weighted by molar-refractivity contribution is -0.144. The quantitative estimate of drug-likeness (QED) is 0.686. The van der Waals surface area contributed by atoms with Crippen molar-refractivity contribution in [2.75, 3.05) is 6.61 Å². The topological polar surface area (TPSA) is 58.6 Å². The average Bonchev–Trinajstić information content (AvgIpc) is 2.43. The minimum atomic E-state index is -0.899. The molecule has 2 N–H and O–H groups in total. The standard InChI is InChI=1S/C17H27NO3/c1-5-14-7-9-15(10-8-14)21-12-6-11-17(4,16(19)20)18-13(2)3/h7-10,13,18H,5-6,11-12H2,1-4H3,(H,19,20). The Morgan fingerprint density at radius 2 is 1.95 bits per heavy atom. The monoisotopic (exact) mass is 293 g/mol. The highest BCUT2D eigenvalue weighted by Crippen LogP contribution is 2.16. The van der Waals surface area contributed by atoms with Gasteiger partial charge in [-0.3, -0.25) is 10.1 Å². The lowest BCUT2D eigenvalue weighted by atomic mass is 9.95. The second-order valence-electron chi connectivity index (χ2n) is 5.89. The van der Waals surface area contributed by atoms with E-state index in [9.17, 15) is 9.90 Å². The van der Waals surface area contributed by atoms with E-state index in [0.717, 1.165) is 12.2 Å². The summed E-state index contributed by atoms with van der Waals surface area (Å²) in [6.07, 6.45) is 2.24. The summed E-state index contributed by atoms with van der Waals surface area (Å²) in [7, 11) is 0. The molecule has 0 spiro atoms. The SMILES string of the molecule is CCc1ccc(OCCCC(C)(NC(C)C)C(=O)O)cc1. The molecular formula is C17H27NO3. The Labute approximate surface area is 127 Å². The minimum absolute atomic E-state index is 0.133. The van der Waals surface area contributed by atoms with Gasteiger partial charge >= 0.3 is 5.97 Å². The van der Waals surface area contributed by atoms with Gasteiger partial charge in [-0.1, -0.05) is 19.1 Å². The maximum absolute atomic E-state index is 11.4. The number of nitrogens with one attached hydrogen (secondary N) is 1. The Kier molecular flexibility index (Phi) is 6.69. The zero-order valence-corrected chi connectivity index (χ0v) is 13.5. The van der Waals surface area contributed by atoms with E-state index < -0.39 is 11.5 Å². The van der Waals surface area contributed by atoms with Crippen LogP contribution >= 0.6 is 0 Å². The van der Waals surface area contributed by atoms with E-state index in [1.807, 2.05) is 26.0 Å². The lowest BCUT2D eigenvalue weighted by Gasteiger charge is -2.28. The Balaban J connectivity index is 2.42. The van der Waals surface area contributed by atoms with Crippen LogP contribution in [0.2, 0.25) is 0 Å². The number of hydrogen-bond donors (Lipinski definition) is 2. The molecule has 0 aliphatic carbocycles. The van der Waals surface area contributed by atoms with Gasteiger partial charge in [0.2, 0.25) is 0 Å². The zero-order chi connectivity index (χ0) is 15.9. The number of benzene rings is 1. The molecule has 1 atom stereocenters. The maximum atomic E-state index is 11.4. The predicted octanol–water partition coefficient (Wildman–Crippen LogP) is 3.25. The summed E-state index contributed by atoms with van der Waals surface area (Å²) in [5.74, 6) is 0.0181. The molecule has 0 saturated heterocycles. The third-order valence-electron chi connectivity index (χ3n) is 3.50. The lowest BCUT2D eigenvalue weighted by Crippen LogP contribution is -2.52. The fraction of sp³-hybridized carbons (Fsp3) is 0.588. The third kappa shape index (κ3) is 5.76. The van der Waals surface area contributed by atoms with E-state index in [-0.39, 0.29) is 6.04 Å². The molecule has 1 aromatic rings. The highest BCUT2D eigenvalue weighted by Gasteiger charge is 2.32. The van der Waals surface area contributed by atoms with Crippen molar-refractivity contribution in [1.82, 2.24) is 5.32 Å². The molecule has 0 radical (unpaired) electrons. The van der Waals surface area contributed by atoms with Gasteiger partial charge in [0.1, 0.15) is 11.3 Å². The summed E-state index contributed by atoms with van der Waals surface area (Å²) in [6.45, 7) is 8.27. The Bertz CT molecular complexity index is 442. The first-order valence-electron chi connectivity index (χ1n) is 7.60. The van der Waals surface area contributed by atoms with Gasteiger partial charge in [-0.15, -0.1) is 0 Å². The number of aliphatic carboxylic acids is 1. The van der Waals surface area contributed by atoms with Crippen LogP contribution in [0.4, 0.5) is 0 Å². The van der Waals surface area contributed by atoms with Crippen LogP contribution < -0.4 is 10.1 Å². The van der Waals surface area contributed by atoms with Crippen molar-refractivity contribution < 1.29 is 14.6 Å². The first-order chi connectivity index (χ1) is 9.87. The molecule has 4 heteroatoms. The van der Waals surface area contributed by atoms with Crippen LogP contribution in [0.15, 0.2) is 24.3 Å². The molecule has 1 aromatic carbocycles. The van der Waals surface area contributed by atoms with Crippen molar-refractivity contribution in [2.45, 2.75) is 58.5 Å². The van der Waals surface area contributed by atoms with Crippen LogP contribution in [-0.2, 0) is 11.2 Å². The van der Waals surface area contributed by atoms with Gasteiger partial charge in [0.15, 0.2) is 0 Å². The highest BCUT2D eigenvalue weighted by molar-refractivity contribution is 5.78. The molecule has 0 fully saturated rings. The summed E-state index contributed by atoms with van der Waals surface area (Å²) in [5.41, 5.74) is 0.380. The van der Waals surface area contributed by atoms with Gasteiger partial charge < -0.3 is 9.84 Å². The number of aryl methyl sites for hydroxylation is 1. The van der Waals surface area contributed by atoms with Crippen molar-refractivity contribution in [2.24, 2.45) is 0 Å². The van der Waals surface area contributed by atoms with E-state index in [0.29, 0.717) is 19.4 Å². The number of hydrogen-bond acceptors (Lipinski definition) is 3. The average molecular weight is 293 g/mol. The molecule has 0 saturated carbocycles. The predicted molar refractivity (Wildman–Crippen MR) is 84.9 cm³/mol. The van der Waals surface area contributed by atoms with Crippen LogP contribution in [0.3, 0.4) is 0 Å². The van der Waals surface area contributed by atoms with Crippen molar-refractivity contribution in [3.63, 3.8) is 0 Å². The fourth-order valence-corrected chi connectivity index (χ4v) is 2.32. The maximum Gasteiger partial charge on any atom is 0.323 e. The Morgan fingerprint density at radius 3 is 2.43 bits per heavy atom. The van der Waals surface area contributed by atoms with Crippen molar-refractivity contribution in [1.29, 1.82) is 0 Å². The molecule has 1 unspecified atom stereocenters. The fourth-order valence-electron chi connectivity index (χ4n) is 2.32. The van der Waals surface area contributed by atoms with E-state index >= 15 is 0 Å². The van der Waals surface area contributed by atoms with Crippen LogP contribution in [-0.4, -0.2) is 29.3 Å². The molecule has 1 rings (SSSR count). The zero-order valence-electron chi connectivity index (χ0n) is 13.5. The van der Waals surface area contributed by atoms with Crippen molar-refractivity contribution in [3.8, 4) is 5.75 Å². The first-order valence-corrected chi connectivity index (χ1v) is 7.60. The molecule has 0 bridgehead atoms. The summed E-state index contributed by atoms with van der Waals surface area (Å²) in [4.78, 5) is 11.4. The molecule has 118 valence electrons. The Morgan fingerprint density at radius 1 is 1.33 bits per heavy atom. The molecule has 0 aromatic heterocycles. The van der Waals surface area contributed by atoms with Crippen LogP contribution in [0.5, 0.6) is 5.75 Å². The third-order valence-corrected chi connectivity index (χ3v) is 3.50. The van der Waals surface area contributed by atoms with E-state index in [1.165, 1.54) is 5.56 Å². The molecule has 0 amide bonds. The molecule has 21 heavy (non-hydrogen) atoms. The largest absolute Gasteiger partial charge is 0.494 e. The molecule has 0 aliphatic heterocycles. The van der Waals surface area contributed by atoms with Crippen LogP contribution in [0, 0.1) is 0 Å². The normalized spacial score (nSPS) is 14.0. The van der Waals surface area contributed by atoms with Gasteiger partial charge in [-0.25, -0.2) is 0 Å². The number of carboxylic acids is 1. The van der Waals surface area contributed by atoms with Gasteiger partial charge in [-0.05, 0) is 57.7 Å². The molecule has 0 aliphatic rings. The number of carboxylic acid groups (broad SMARTS) is 1. The van der Waals surface area contributed by atoms with E-state index in [1.54, 1.807) is 6.92 Å². The van der Waals surface area contributed by atoms with Crippen LogP contribution in [0.25, 0.3) is 0 Å². The van der Waals surface area contributed by atoms with Gasteiger partial charge in [0.25, 0.3) is 0 Å². The van der Waals surface area contributed by atoms with Crippen LogP contribution in [0.1, 0.15) is 46.1 Å². The number of ether oxygens (including phenoxy) is 1. The smallest absolute Gasteiger partial charge is 0.323 e. The minimum Gasteiger partial charge on any atom is -0.494 e. The van der Waals surface area contributed by atoms with Gasteiger partial charge in [0, 0.05) is 6.04 Å². The summed E-state index contributed by atoms with van der Waals surface area (Å²) >= 11 is 0. The van der Waals surface area contributed by atoms with Crippen molar-refractivity contribution >= 4 is 5.97 Å².